The van der Waals surface area contributed by atoms with Crippen molar-refractivity contribution in [1.29, 1.82) is 0 Å². The van der Waals surface area contributed by atoms with Gasteiger partial charge in [0.25, 0.3) is 0 Å². The van der Waals surface area contributed by atoms with E-state index in [0.717, 1.165) is 10.8 Å². The van der Waals surface area contributed by atoms with Crippen LogP contribution in [0.4, 0.5) is 0 Å². The summed E-state index contributed by atoms with van der Waals surface area (Å²) in [6.45, 7) is 15.1. The maximum Gasteiger partial charge on any atom is 0.358 e. The largest absolute Gasteiger partial charge is 0.448 e. The smallest absolute Gasteiger partial charge is 0.358 e. The first kappa shape index (κ1) is 25.3. The minimum absolute atomic E-state index is 0.0153. The minimum atomic E-state index is -1.78. The molecule has 2 aromatic carbocycles. The van der Waals surface area contributed by atoms with Gasteiger partial charge >= 0.3 is 5.24 Å². The van der Waals surface area contributed by atoms with Gasteiger partial charge in [-0.25, -0.2) is 0 Å². The average Bonchev–Trinajstić information content (AvgIpc) is 2.69. The lowest BCUT2D eigenvalue weighted by atomic mass is 9.87. The van der Waals surface area contributed by atoms with Crippen molar-refractivity contribution in [3.05, 3.63) is 77.5 Å². The van der Waals surface area contributed by atoms with Crippen molar-refractivity contribution in [3.8, 4) is 5.75 Å². The van der Waals surface area contributed by atoms with E-state index >= 15 is 0 Å². The van der Waals surface area contributed by atoms with Crippen LogP contribution in [0.5, 0.6) is 5.75 Å². The summed E-state index contributed by atoms with van der Waals surface area (Å²) < 4.78 is 11.9. The molecule has 3 atom stereocenters. The predicted octanol–water partition coefficient (Wildman–Crippen LogP) is 6.96. The third-order valence-electron chi connectivity index (χ3n) is 5.20. The number of hydrogen-bond acceptors (Lipinski definition) is 4. The maximum absolute atomic E-state index is 11.1. The van der Waals surface area contributed by atoms with Gasteiger partial charge in [-0.3, -0.25) is 0 Å². The van der Waals surface area contributed by atoms with Crippen molar-refractivity contribution in [3.63, 3.8) is 0 Å². The topological polar surface area (TPSA) is 38.7 Å². The van der Waals surface area contributed by atoms with Gasteiger partial charge in [0.2, 0.25) is 0 Å². The van der Waals surface area contributed by atoms with Gasteiger partial charge in [0, 0.05) is 18.1 Å². The summed E-state index contributed by atoms with van der Waals surface area (Å²) in [5.74, 6) is 0.631. The Hall–Kier alpha value is -1.95. The first-order valence-corrected chi connectivity index (χ1v) is 14.7. The molecule has 2 rings (SSSR count). The van der Waals surface area contributed by atoms with Crippen LogP contribution in [0.25, 0.3) is 0 Å². The molecule has 0 aliphatic heterocycles. The SMILES string of the molecule is C[C@H](/C=C(\[C@@H](O)C(C)(C)C)[Si](C)(C)C)C(OC(=S)Oc1ccccc1)c1ccccc1. The number of para-hydroxylation sites is 1. The van der Waals surface area contributed by atoms with Gasteiger partial charge in [0.1, 0.15) is 11.9 Å². The highest BCUT2D eigenvalue weighted by atomic mass is 32.1. The summed E-state index contributed by atoms with van der Waals surface area (Å²) >= 11 is 5.42. The van der Waals surface area contributed by atoms with Crippen LogP contribution >= 0.6 is 12.2 Å². The van der Waals surface area contributed by atoms with Gasteiger partial charge in [0.15, 0.2) is 0 Å². The Kier molecular flexibility index (Phi) is 8.63. The first-order valence-electron chi connectivity index (χ1n) is 10.8. The van der Waals surface area contributed by atoms with E-state index in [1.165, 1.54) is 0 Å². The molecule has 1 unspecified atom stereocenters. The molecule has 168 valence electrons. The second-order valence-corrected chi connectivity index (χ2v) is 15.5. The molecule has 0 heterocycles. The van der Waals surface area contributed by atoms with Gasteiger partial charge < -0.3 is 14.6 Å². The molecule has 0 fully saturated rings. The van der Waals surface area contributed by atoms with Crippen molar-refractivity contribution >= 4 is 25.5 Å². The number of aliphatic hydroxyl groups is 1. The number of benzene rings is 2. The zero-order valence-corrected chi connectivity index (χ0v) is 21.6. The third kappa shape index (κ3) is 7.60. The molecule has 0 spiro atoms. The molecule has 0 saturated heterocycles. The normalized spacial score (nSPS) is 15.7. The van der Waals surface area contributed by atoms with Gasteiger partial charge in [-0.15, -0.1) is 0 Å². The van der Waals surface area contributed by atoms with E-state index in [1.54, 1.807) is 0 Å². The van der Waals surface area contributed by atoms with Crippen LogP contribution < -0.4 is 4.74 Å². The average molecular weight is 457 g/mol. The van der Waals surface area contributed by atoms with E-state index in [2.05, 4.69) is 53.4 Å². The lowest BCUT2D eigenvalue weighted by molar-refractivity contribution is 0.0965. The van der Waals surface area contributed by atoms with Crippen molar-refractivity contribution in [2.45, 2.75) is 59.5 Å². The Morgan fingerprint density at radius 2 is 1.48 bits per heavy atom. The second-order valence-electron chi connectivity index (χ2n) is 10.1. The van der Waals surface area contributed by atoms with E-state index < -0.39 is 14.2 Å². The molecule has 0 radical (unpaired) electrons. The van der Waals surface area contributed by atoms with Crippen LogP contribution in [0.1, 0.15) is 39.4 Å². The number of thiocarbonyl (C=S) groups is 1. The molecular weight excluding hydrogens is 420 g/mol. The summed E-state index contributed by atoms with van der Waals surface area (Å²) in [6, 6.07) is 19.4. The molecule has 2 aromatic rings. The van der Waals surface area contributed by atoms with Crippen LogP contribution in [0, 0.1) is 11.3 Å². The molecule has 0 aliphatic rings. The molecule has 3 nitrogen and oxygen atoms in total. The molecule has 0 aliphatic carbocycles. The van der Waals surface area contributed by atoms with E-state index in [9.17, 15) is 5.11 Å². The highest BCUT2D eigenvalue weighted by molar-refractivity contribution is 7.79. The summed E-state index contributed by atoms with van der Waals surface area (Å²) in [5, 5.41) is 12.4. The molecule has 0 saturated carbocycles. The highest BCUT2D eigenvalue weighted by Gasteiger charge is 2.34. The standard InChI is InChI=1S/C26H36O3SSi/c1-19(18-22(31(5,6)7)24(27)26(2,3)4)23(20-14-10-8-11-15-20)29-25(30)28-21-16-12-9-13-17-21/h8-19,23-24,27H,1-7H3/b22-18+/t19-,23?,24-/m1/s1. The summed E-state index contributed by atoms with van der Waals surface area (Å²) in [7, 11) is -1.78. The monoisotopic (exact) mass is 456 g/mol. The third-order valence-corrected chi connectivity index (χ3v) is 7.55. The van der Waals surface area contributed by atoms with Crippen molar-refractivity contribution in [1.82, 2.24) is 0 Å². The number of aliphatic hydroxyl groups excluding tert-OH is 1. The number of rotatable bonds is 7. The van der Waals surface area contributed by atoms with Crippen LogP contribution in [-0.2, 0) is 4.74 Å². The van der Waals surface area contributed by atoms with Crippen LogP contribution in [0.3, 0.4) is 0 Å². The predicted molar refractivity (Wildman–Crippen MR) is 136 cm³/mol. The molecule has 5 heteroatoms. The van der Waals surface area contributed by atoms with E-state index in [-0.39, 0.29) is 22.7 Å². The van der Waals surface area contributed by atoms with E-state index in [0.29, 0.717) is 5.75 Å². The summed E-state index contributed by atoms with van der Waals surface area (Å²) in [6.07, 6.45) is 1.37. The Labute approximate surface area is 194 Å². The Balaban J connectivity index is 2.36. The molecule has 0 bridgehead atoms. The Bertz CT molecular complexity index is 867. The number of ether oxygens (including phenoxy) is 2. The molecule has 0 aromatic heterocycles. The Morgan fingerprint density at radius 1 is 0.968 bits per heavy atom. The second kappa shape index (κ2) is 10.6. The lowest BCUT2D eigenvalue weighted by Gasteiger charge is -2.36. The maximum atomic E-state index is 11.1. The van der Waals surface area contributed by atoms with Crippen LogP contribution in [0.15, 0.2) is 71.9 Å². The van der Waals surface area contributed by atoms with Crippen LogP contribution in [-0.4, -0.2) is 24.5 Å². The number of hydrogen-bond donors (Lipinski definition) is 1. The van der Waals surface area contributed by atoms with Gasteiger partial charge in [-0.2, -0.15) is 0 Å². The van der Waals surface area contributed by atoms with Gasteiger partial charge in [-0.1, -0.05) is 107 Å². The zero-order chi connectivity index (χ0) is 23.2. The van der Waals surface area contributed by atoms with E-state index in [1.807, 2.05) is 60.7 Å². The van der Waals surface area contributed by atoms with Crippen molar-refractivity contribution in [2.24, 2.45) is 11.3 Å². The fourth-order valence-electron chi connectivity index (χ4n) is 3.42. The van der Waals surface area contributed by atoms with Crippen molar-refractivity contribution in [2.75, 3.05) is 0 Å². The van der Waals surface area contributed by atoms with Gasteiger partial charge in [0.05, 0.1) is 14.2 Å². The van der Waals surface area contributed by atoms with Crippen molar-refractivity contribution < 1.29 is 14.6 Å². The first-order chi connectivity index (χ1) is 14.4. The molecular formula is C26H36O3SSi. The highest BCUT2D eigenvalue weighted by Crippen LogP contribution is 2.35. The fraction of sp³-hybridized carbons (Fsp3) is 0.423. The molecule has 1 N–H and O–H groups in total. The molecule has 0 amide bonds. The zero-order valence-electron chi connectivity index (χ0n) is 19.8. The van der Waals surface area contributed by atoms with Gasteiger partial charge in [-0.05, 0) is 23.1 Å². The molecule has 31 heavy (non-hydrogen) atoms. The summed E-state index contributed by atoms with van der Waals surface area (Å²) in [5.41, 5.74) is 0.783. The Morgan fingerprint density at radius 3 is 1.97 bits per heavy atom. The van der Waals surface area contributed by atoms with E-state index in [4.69, 9.17) is 21.7 Å². The fourth-order valence-corrected chi connectivity index (χ4v) is 5.64. The quantitative estimate of drug-likeness (QED) is 0.361. The lowest BCUT2D eigenvalue weighted by Crippen LogP contribution is -2.40. The van der Waals surface area contributed by atoms with Crippen LogP contribution in [0.2, 0.25) is 19.6 Å². The summed E-state index contributed by atoms with van der Waals surface area (Å²) in [4.78, 5) is 0. The minimum Gasteiger partial charge on any atom is -0.448 e.